The first kappa shape index (κ1) is 11.7. The van der Waals surface area contributed by atoms with Crippen LogP contribution >= 0.6 is 0 Å². The summed E-state index contributed by atoms with van der Waals surface area (Å²) in [7, 11) is 0. The molecule has 1 heterocycles. The van der Waals surface area contributed by atoms with Gasteiger partial charge in [0, 0.05) is 12.6 Å². The minimum Gasteiger partial charge on any atom is -0.378 e. The Hall–Kier alpha value is -0.340. The van der Waals surface area contributed by atoms with Crippen molar-refractivity contribution in [2.75, 3.05) is 6.61 Å². The van der Waals surface area contributed by atoms with Crippen molar-refractivity contribution < 1.29 is 4.74 Å². The second kappa shape index (κ2) is 6.20. The highest BCUT2D eigenvalue weighted by Crippen LogP contribution is 2.19. The predicted molar refractivity (Wildman–Crippen MR) is 60.2 cm³/mol. The van der Waals surface area contributed by atoms with Crippen molar-refractivity contribution in [3.63, 3.8) is 0 Å². The van der Waals surface area contributed by atoms with Crippen LogP contribution in [0.4, 0.5) is 0 Å². The van der Waals surface area contributed by atoms with Crippen LogP contribution in [-0.2, 0) is 4.74 Å². The van der Waals surface area contributed by atoms with Crippen LogP contribution in [0.25, 0.3) is 0 Å². The fraction of sp³-hybridized carbons (Fsp3) is 0.833. The largest absolute Gasteiger partial charge is 0.378 e. The predicted octanol–water partition coefficient (Wildman–Crippen LogP) is 2.63. The van der Waals surface area contributed by atoms with E-state index >= 15 is 0 Å². The van der Waals surface area contributed by atoms with Gasteiger partial charge >= 0.3 is 0 Å². The fourth-order valence-electron chi connectivity index (χ4n) is 1.93. The summed E-state index contributed by atoms with van der Waals surface area (Å²) in [5.41, 5.74) is 7.30. The maximum atomic E-state index is 6.04. The Morgan fingerprint density at radius 1 is 1.57 bits per heavy atom. The molecule has 2 unspecified atom stereocenters. The Morgan fingerprint density at radius 2 is 2.36 bits per heavy atom. The van der Waals surface area contributed by atoms with Crippen molar-refractivity contribution in [2.24, 2.45) is 5.73 Å². The zero-order valence-corrected chi connectivity index (χ0v) is 9.30. The van der Waals surface area contributed by atoms with Crippen molar-refractivity contribution in [1.29, 1.82) is 0 Å². The van der Waals surface area contributed by atoms with Gasteiger partial charge in [-0.1, -0.05) is 19.1 Å². The lowest BCUT2D eigenvalue weighted by Crippen LogP contribution is -2.30. The van der Waals surface area contributed by atoms with Crippen LogP contribution in [0.2, 0.25) is 0 Å². The third kappa shape index (κ3) is 4.25. The third-order valence-corrected chi connectivity index (χ3v) is 2.89. The maximum Gasteiger partial charge on any atom is 0.0590 e. The van der Waals surface area contributed by atoms with E-state index in [1.54, 1.807) is 0 Å². The van der Waals surface area contributed by atoms with Crippen LogP contribution in [0, 0.1) is 0 Å². The smallest absolute Gasteiger partial charge is 0.0590 e. The van der Waals surface area contributed by atoms with E-state index in [1.165, 1.54) is 24.8 Å². The monoisotopic (exact) mass is 197 g/mol. The van der Waals surface area contributed by atoms with Gasteiger partial charge in [0.05, 0.1) is 6.10 Å². The van der Waals surface area contributed by atoms with Gasteiger partial charge in [0.15, 0.2) is 0 Å². The average Bonchev–Trinajstić information content (AvgIpc) is 2.19. The summed E-state index contributed by atoms with van der Waals surface area (Å²) in [6.45, 7) is 7.04. The topological polar surface area (TPSA) is 35.2 Å². The fourth-order valence-corrected chi connectivity index (χ4v) is 1.93. The van der Waals surface area contributed by atoms with E-state index in [1.807, 2.05) is 0 Å². The molecule has 0 radical (unpaired) electrons. The first-order valence-corrected chi connectivity index (χ1v) is 5.76. The number of hydrogen-bond donors (Lipinski definition) is 1. The summed E-state index contributed by atoms with van der Waals surface area (Å²) >= 11 is 0. The molecule has 0 saturated carbocycles. The molecule has 1 fully saturated rings. The van der Waals surface area contributed by atoms with Crippen molar-refractivity contribution in [3.05, 3.63) is 12.2 Å². The summed E-state index contributed by atoms with van der Waals surface area (Å²) in [6.07, 6.45) is 7.10. The van der Waals surface area contributed by atoms with E-state index in [-0.39, 0.29) is 6.04 Å². The lowest BCUT2D eigenvalue weighted by atomic mass is 9.97. The van der Waals surface area contributed by atoms with Gasteiger partial charge in [0.1, 0.15) is 0 Å². The summed E-state index contributed by atoms with van der Waals surface area (Å²) in [6, 6.07) is 0.241. The Kier molecular flexibility index (Phi) is 5.20. The van der Waals surface area contributed by atoms with E-state index in [9.17, 15) is 0 Å². The molecule has 1 saturated heterocycles. The molecule has 1 aliphatic rings. The van der Waals surface area contributed by atoms with E-state index in [4.69, 9.17) is 10.5 Å². The van der Waals surface area contributed by atoms with Crippen molar-refractivity contribution in [3.8, 4) is 0 Å². The molecule has 82 valence electrons. The van der Waals surface area contributed by atoms with Crippen LogP contribution in [0.3, 0.4) is 0 Å². The quantitative estimate of drug-likeness (QED) is 0.688. The van der Waals surface area contributed by atoms with Gasteiger partial charge in [-0.25, -0.2) is 0 Å². The average molecular weight is 197 g/mol. The molecule has 2 nitrogen and oxygen atoms in total. The molecular formula is C12H23NO. The van der Waals surface area contributed by atoms with Crippen LogP contribution < -0.4 is 5.73 Å². The molecule has 2 heteroatoms. The van der Waals surface area contributed by atoms with Crippen molar-refractivity contribution in [2.45, 2.75) is 57.6 Å². The van der Waals surface area contributed by atoms with Crippen LogP contribution in [0.5, 0.6) is 0 Å². The minimum absolute atomic E-state index is 0.241. The second-order valence-corrected chi connectivity index (χ2v) is 4.29. The number of hydrogen-bond acceptors (Lipinski definition) is 2. The number of rotatable bonds is 5. The van der Waals surface area contributed by atoms with Gasteiger partial charge in [-0.3, -0.25) is 0 Å². The summed E-state index contributed by atoms with van der Waals surface area (Å²) in [5.74, 6) is 0. The summed E-state index contributed by atoms with van der Waals surface area (Å²) in [5, 5.41) is 0. The molecule has 0 aliphatic carbocycles. The first-order chi connectivity index (χ1) is 6.72. The van der Waals surface area contributed by atoms with Crippen LogP contribution in [-0.4, -0.2) is 18.8 Å². The Morgan fingerprint density at radius 3 is 2.93 bits per heavy atom. The third-order valence-electron chi connectivity index (χ3n) is 2.89. The van der Waals surface area contributed by atoms with E-state index in [0.717, 1.165) is 25.9 Å². The van der Waals surface area contributed by atoms with E-state index in [2.05, 4.69) is 13.5 Å². The molecule has 0 amide bonds. The van der Waals surface area contributed by atoms with Gasteiger partial charge in [-0.2, -0.15) is 0 Å². The maximum absolute atomic E-state index is 6.04. The molecule has 0 spiro atoms. The normalized spacial score (nSPS) is 24.6. The Balaban J connectivity index is 2.18. The Bertz CT molecular complexity index is 173. The van der Waals surface area contributed by atoms with Gasteiger partial charge in [-0.15, -0.1) is 0 Å². The molecule has 0 bridgehead atoms. The molecule has 14 heavy (non-hydrogen) atoms. The summed E-state index contributed by atoms with van der Waals surface area (Å²) in [4.78, 5) is 0. The van der Waals surface area contributed by atoms with E-state index in [0.29, 0.717) is 6.10 Å². The molecule has 1 rings (SSSR count). The molecule has 0 aromatic carbocycles. The van der Waals surface area contributed by atoms with Gasteiger partial charge in [0.25, 0.3) is 0 Å². The van der Waals surface area contributed by atoms with Gasteiger partial charge in [0.2, 0.25) is 0 Å². The van der Waals surface area contributed by atoms with Crippen LogP contribution in [0.1, 0.15) is 45.4 Å². The molecular weight excluding hydrogens is 174 g/mol. The van der Waals surface area contributed by atoms with Gasteiger partial charge < -0.3 is 10.5 Å². The zero-order valence-electron chi connectivity index (χ0n) is 9.30. The second-order valence-electron chi connectivity index (χ2n) is 4.29. The molecule has 2 atom stereocenters. The lowest BCUT2D eigenvalue weighted by Gasteiger charge is -2.25. The molecule has 2 N–H and O–H groups in total. The highest BCUT2D eigenvalue weighted by molar-refractivity contribution is 4.96. The summed E-state index contributed by atoms with van der Waals surface area (Å²) < 4.78 is 5.65. The SMILES string of the molecule is C=C(CC)CC(N)CC1CCCCO1. The molecule has 1 aliphatic heterocycles. The van der Waals surface area contributed by atoms with Crippen LogP contribution in [0.15, 0.2) is 12.2 Å². The zero-order chi connectivity index (χ0) is 10.4. The number of ether oxygens (including phenoxy) is 1. The molecule has 0 aromatic rings. The standard InChI is InChI=1S/C12H23NO/c1-3-10(2)8-11(13)9-12-6-4-5-7-14-12/h11-12H,2-9,13H2,1H3. The minimum atomic E-state index is 0.241. The lowest BCUT2D eigenvalue weighted by molar-refractivity contribution is 0.00745. The van der Waals surface area contributed by atoms with Crippen molar-refractivity contribution in [1.82, 2.24) is 0 Å². The Labute approximate surface area is 87.5 Å². The first-order valence-electron chi connectivity index (χ1n) is 5.76. The van der Waals surface area contributed by atoms with Crippen molar-refractivity contribution >= 4 is 0 Å². The number of nitrogens with two attached hydrogens (primary N) is 1. The molecule has 0 aromatic heterocycles. The highest BCUT2D eigenvalue weighted by atomic mass is 16.5. The van der Waals surface area contributed by atoms with E-state index < -0.39 is 0 Å². The highest BCUT2D eigenvalue weighted by Gasteiger charge is 2.17. The van der Waals surface area contributed by atoms with Gasteiger partial charge in [-0.05, 0) is 38.5 Å².